The van der Waals surface area contributed by atoms with Crippen molar-refractivity contribution in [3.8, 4) is 11.6 Å². The van der Waals surface area contributed by atoms with E-state index in [1.165, 1.54) is 16.7 Å². The summed E-state index contributed by atoms with van der Waals surface area (Å²) >= 11 is 0. The first-order valence-corrected chi connectivity index (χ1v) is 10.4. The first-order valence-electron chi connectivity index (χ1n) is 10.4. The molecule has 0 bridgehead atoms. The number of ether oxygens (including phenoxy) is 2. The summed E-state index contributed by atoms with van der Waals surface area (Å²) in [6.45, 7) is 4.94. The minimum atomic E-state index is -0.470. The van der Waals surface area contributed by atoms with Gasteiger partial charge in [-0.25, -0.2) is 4.39 Å². The van der Waals surface area contributed by atoms with Crippen LogP contribution in [0.1, 0.15) is 41.8 Å². The Morgan fingerprint density at radius 1 is 1.31 bits per heavy atom. The number of benzene rings is 2. The maximum atomic E-state index is 14.2. The quantitative estimate of drug-likeness (QED) is 0.523. The number of nitroso groups, excluding NO2 is 1. The van der Waals surface area contributed by atoms with Crippen molar-refractivity contribution >= 4 is 22.5 Å². The molecule has 0 saturated carbocycles. The molecule has 8 nitrogen and oxygen atoms in total. The molecule has 2 N–H and O–H groups in total. The van der Waals surface area contributed by atoms with Crippen LogP contribution in [0.4, 0.5) is 10.1 Å². The van der Waals surface area contributed by atoms with E-state index in [9.17, 15) is 19.2 Å². The highest BCUT2D eigenvalue weighted by Crippen LogP contribution is 2.40. The molecule has 0 fully saturated rings. The summed E-state index contributed by atoms with van der Waals surface area (Å²) in [4.78, 5) is 24.0. The van der Waals surface area contributed by atoms with Crippen molar-refractivity contribution in [1.29, 1.82) is 0 Å². The maximum Gasteiger partial charge on any atom is 0.251 e. The van der Waals surface area contributed by atoms with Crippen molar-refractivity contribution in [3.63, 3.8) is 0 Å². The van der Waals surface area contributed by atoms with Crippen LogP contribution in [0.25, 0.3) is 10.9 Å². The number of nitrogens with one attached hydrogen (secondary N) is 1. The Balaban J connectivity index is 1.74. The molecule has 1 amide bonds. The third kappa shape index (κ3) is 4.16. The number of amides is 1. The molecule has 0 atom stereocenters. The van der Waals surface area contributed by atoms with Crippen LogP contribution in [0.5, 0.6) is 11.6 Å². The zero-order chi connectivity index (χ0) is 22.8. The molecule has 4 rings (SSSR count). The van der Waals surface area contributed by atoms with Gasteiger partial charge in [-0.3, -0.25) is 4.79 Å². The SMILES string of the molecule is CC(C)CCNC(=O)c1ccc2c(N=O)c(O)n(Cc3cc(F)cc4c3OCOC4)c2c1. The summed E-state index contributed by atoms with van der Waals surface area (Å²) in [7, 11) is 0. The highest BCUT2D eigenvalue weighted by atomic mass is 19.1. The molecule has 1 aliphatic rings. The van der Waals surface area contributed by atoms with Crippen LogP contribution >= 0.6 is 0 Å². The average Bonchev–Trinajstić information content (AvgIpc) is 3.03. The van der Waals surface area contributed by atoms with Crippen LogP contribution in [0.2, 0.25) is 0 Å². The van der Waals surface area contributed by atoms with E-state index in [0.29, 0.717) is 45.8 Å². The second-order valence-corrected chi connectivity index (χ2v) is 8.18. The summed E-state index contributed by atoms with van der Waals surface area (Å²) in [5, 5.41) is 16.9. The fourth-order valence-electron chi connectivity index (χ4n) is 3.83. The molecule has 0 spiro atoms. The molecule has 0 saturated heterocycles. The van der Waals surface area contributed by atoms with Crippen LogP contribution in [-0.2, 0) is 17.9 Å². The number of halogens is 1. The number of carbonyl (C=O) groups excluding carboxylic acids is 1. The lowest BCUT2D eigenvalue weighted by Crippen LogP contribution is -2.25. The van der Waals surface area contributed by atoms with Gasteiger partial charge in [-0.15, -0.1) is 4.91 Å². The van der Waals surface area contributed by atoms with Gasteiger partial charge in [0, 0.05) is 28.6 Å². The molecule has 3 aromatic rings. The van der Waals surface area contributed by atoms with Gasteiger partial charge < -0.3 is 24.5 Å². The van der Waals surface area contributed by atoms with Crippen molar-refractivity contribution in [2.75, 3.05) is 13.3 Å². The Labute approximate surface area is 183 Å². The standard InChI is InChI=1S/C23H24FN3O5/c1-13(2)5-6-25-22(28)14-3-4-18-19(9-14)27(23(29)20(18)26-30)10-15-7-17(24)8-16-11-31-12-32-21(15)16/h3-4,7-9,13,29H,5-6,10-12H2,1-2H3,(H,25,28). The smallest absolute Gasteiger partial charge is 0.251 e. The lowest BCUT2D eigenvalue weighted by Gasteiger charge is -2.21. The minimum Gasteiger partial charge on any atom is -0.493 e. The molecule has 0 radical (unpaired) electrons. The molecule has 9 heteroatoms. The van der Waals surface area contributed by atoms with Crippen LogP contribution in [0.3, 0.4) is 0 Å². The van der Waals surface area contributed by atoms with Crippen molar-refractivity contribution in [2.45, 2.75) is 33.4 Å². The van der Waals surface area contributed by atoms with Crippen molar-refractivity contribution in [1.82, 2.24) is 9.88 Å². The Kier molecular flexibility index (Phi) is 6.09. The van der Waals surface area contributed by atoms with E-state index in [0.717, 1.165) is 6.42 Å². The number of aromatic hydroxyl groups is 1. The topological polar surface area (TPSA) is 102 Å². The van der Waals surface area contributed by atoms with Gasteiger partial charge in [-0.2, -0.15) is 0 Å². The van der Waals surface area contributed by atoms with E-state index >= 15 is 0 Å². The molecule has 2 aromatic carbocycles. The van der Waals surface area contributed by atoms with E-state index in [1.54, 1.807) is 18.2 Å². The highest BCUT2D eigenvalue weighted by molar-refractivity contribution is 6.02. The zero-order valence-corrected chi connectivity index (χ0v) is 17.9. The molecule has 1 aliphatic heterocycles. The number of hydrogen-bond donors (Lipinski definition) is 2. The lowest BCUT2D eigenvalue weighted by molar-refractivity contribution is -0.0173. The van der Waals surface area contributed by atoms with Crippen LogP contribution < -0.4 is 10.1 Å². The number of carbonyl (C=O) groups is 1. The fraction of sp³-hybridized carbons (Fsp3) is 0.348. The number of nitrogens with zero attached hydrogens (tertiary/aromatic N) is 2. The van der Waals surface area contributed by atoms with Gasteiger partial charge in [0.1, 0.15) is 11.6 Å². The molecule has 168 valence electrons. The van der Waals surface area contributed by atoms with Crippen LogP contribution in [-0.4, -0.2) is 28.9 Å². The van der Waals surface area contributed by atoms with Gasteiger partial charge in [-0.1, -0.05) is 13.8 Å². The lowest BCUT2D eigenvalue weighted by atomic mass is 10.1. The Morgan fingerprint density at radius 2 is 2.12 bits per heavy atom. The number of hydrogen-bond acceptors (Lipinski definition) is 6. The van der Waals surface area contributed by atoms with Crippen LogP contribution in [0.15, 0.2) is 35.5 Å². The number of aromatic nitrogens is 1. The zero-order valence-electron chi connectivity index (χ0n) is 17.9. The normalized spacial score (nSPS) is 13.1. The Morgan fingerprint density at radius 3 is 2.88 bits per heavy atom. The van der Waals surface area contributed by atoms with Gasteiger partial charge in [0.2, 0.25) is 5.88 Å². The fourth-order valence-corrected chi connectivity index (χ4v) is 3.83. The van der Waals surface area contributed by atoms with Gasteiger partial charge >= 0.3 is 0 Å². The van der Waals surface area contributed by atoms with E-state index < -0.39 is 5.82 Å². The van der Waals surface area contributed by atoms with Gasteiger partial charge in [0.05, 0.1) is 18.7 Å². The van der Waals surface area contributed by atoms with Gasteiger partial charge in [0.25, 0.3) is 5.91 Å². The predicted molar refractivity (Wildman–Crippen MR) is 117 cm³/mol. The summed E-state index contributed by atoms with van der Waals surface area (Å²) in [5.74, 6) is -0.163. The minimum absolute atomic E-state index is 0.0103. The second-order valence-electron chi connectivity index (χ2n) is 8.18. The molecule has 1 aromatic heterocycles. The highest BCUT2D eigenvalue weighted by Gasteiger charge is 2.23. The first kappa shape index (κ1) is 21.8. The first-order chi connectivity index (χ1) is 15.4. The summed E-state index contributed by atoms with van der Waals surface area (Å²) in [5.41, 5.74) is 1.70. The monoisotopic (exact) mass is 441 g/mol. The van der Waals surface area contributed by atoms with E-state index in [1.807, 2.05) is 0 Å². The summed E-state index contributed by atoms with van der Waals surface area (Å²) in [6.07, 6.45) is 0.846. The second kappa shape index (κ2) is 8.96. The van der Waals surface area contributed by atoms with E-state index in [2.05, 4.69) is 24.3 Å². The summed E-state index contributed by atoms with van der Waals surface area (Å²) < 4.78 is 26.4. The number of rotatable bonds is 7. The Hall–Kier alpha value is -3.46. The van der Waals surface area contributed by atoms with Gasteiger partial charge in [0.15, 0.2) is 12.5 Å². The van der Waals surface area contributed by atoms with E-state index in [4.69, 9.17) is 9.47 Å². The molecule has 0 unspecified atom stereocenters. The number of fused-ring (bicyclic) bond motifs is 2. The molecule has 32 heavy (non-hydrogen) atoms. The third-order valence-electron chi connectivity index (χ3n) is 5.45. The summed E-state index contributed by atoms with van der Waals surface area (Å²) in [6, 6.07) is 7.39. The van der Waals surface area contributed by atoms with Gasteiger partial charge in [-0.05, 0) is 47.8 Å². The average molecular weight is 441 g/mol. The van der Waals surface area contributed by atoms with Crippen LogP contribution in [0, 0.1) is 16.6 Å². The van der Waals surface area contributed by atoms with Crippen molar-refractivity contribution in [2.24, 2.45) is 11.1 Å². The predicted octanol–water partition coefficient (Wildman–Crippen LogP) is 4.57. The molecule has 0 aliphatic carbocycles. The maximum absolute atomic E-state index is 14.2. The molecule has 2 heterocycles. The van der Waals surface area contributed by atoms with Crippen molar-refractivity contribution < 1.29 is 23.8 Å². The third-order valence-corrected chi connectivity index (χ3v) is 5.45. The largest absolute Gasteiger partial charge is 0.493 e. The molecular weight excluding hydrogens is 417 g/mol. The van der Waals surface area contributed by atoms with E-state index in [-0.39, 0.29) is 37.4 Å². The molecular formula is C23H24FN3O5. The van der Waals surface area contributed by atoms with Crippen molar-refractivity contribution in [3.05, 3.63) is 57.7 Å². The Bertz CT molecular complexity index is 1190.